The maximum absolute atomic E-state index is 11.8. The standard InChI is InChI=1S/C17H24N2.2C16H22N3.C16H23NO2.C11H15NO2.C10H13NO2.CH4.Pt/c1-16(2,3)13-7-8-14(18-11-13)12-9-15(19-10-12)17(4,5)6;2*1-15(2,3)11-7-8-12(17-10-11)13-9-14(19-18-13)16(4,5)6;1-15(2,3)11-7-8-12(17-10-11)13(18)9-14(19)16(4,5)6;1-11(2,3)8-5-6-9(12-7-8)10(13)14-4;1-10(2,3)7-4-5-8(9(12)13)11-6-7;;/h7-9,11H,10H2,1-6H3;2*7-10H,1-6H3;7-10,18H,1-6H3;5-7H,1-4H3;4-6H,1-3H3,(H,12,13);1H4;/q;2*-1;;;;;+2. The number of methoxy groups -OCH3 is 1. The van der Waals surface area contributed by atoms with Crippen LogP contribution in [0.2, 0.25) is 0 Å². The van der Waals surface area contributed by atoms with E-state index in [9.17, 15) is 19.5 Å². The first-order chi connectivity index (χ1) is 46.9. The van der Waals surface area contributed by atoms with Crippen LogP contribution in [0, 0.1) is 10.8 Å². The first kappa shape index (κ1) is 92.6. The van der Waals surface area contributed by atoms with Crippen LogP contribution in [0.1, 0.15) is 292 Å². The van der Waals surface area contributed by atoms with E-state index in [-0.39, 0.29) is 94.5 Å². The Morgan fingerprint density at radius 1 is 0.400 bits per heavy atom. The molecule has 0 amide bonds. The average molecular weight is 1610 g/mol. The molecule has 0 unspecified atom stereocenters. The van der Waals surface area contributed by atoms with Crippen LogP contribution in [-0.2, 0) is 73.9 Å². The van der Waals surface area contributed by atoms with E-state index in [0.29, 0.717) is 11.4 Å². The molecule has 8 aromatic heterocycles. The zero-order valence-electron chi connectivity index (χ0n) is 68.2. The number of carbonyl (C=O) groups is 3. The van der Waals surface area contributed by atoms with Crippen molar-refractivity contribution in [2.45, 2.75) is 258 Å². The molecule has 9 heterocycles. The summed E-state index contributed by atoms with van der Waals surface area (Å²) in [5, 5.41) is 35.5. The maximum atomic E-state index is 11.8. The zero-order chi connectivity index (χ0) is 78.5. The number of carbonyl (C=O) groups excluding carboxylic acids is 2. The van der Waals surface area contributed by atoms with E-state index >= 15 is 0 Å². The molecule has 0 radical (unpaired) electrons. The molecule has 0 saturated carbocycles. The van der Waals surface area contributed by atoms with Gasteiger partial charge >= 0.3 is 33.0 Å². The summed E-state index contributed by atoms with van der Waals surface area (Å²) >= 11 is 0. The first-order valence-electron chi connectivity index (χ1n) is 35.3. The molecule has 572 valence electrons. The Bertz CT molecular complexity index is 3980. The van der Waals surface area contributed by atoms with Crippen LogP contribution in [0.3, 0.4) is 0 Å². The van der Waals surface area contributed by atoms with Crippen molar-refractivity contribution in [1.82, 2.24) is 50.3 Å². The number of aromatic nitrogens is 10. The summed E-state index contributed by atoms with van der Waals surface area (Å²) in [7, 11) is 1.35. The number of aliphatic hydroxyl groups excluding tert-OH is 1. The van der Waals surface area contributed by atoms with E-state index in [2.05, 4.69) is 277 Å². The number of pyridine rings is 6. The third-order valence-corrected chi connectivity index (χ3v) is 16.6. The molecule has 105 heavy (non-hydrogen) atoms. The minimum absolute atomic E-state index is 0. The largest absolute Gasteiger partial charge is 2.00 e. The zero-order valence-corrected chi connectivity index (χ0v) is 70.4. The molecule has 0 bridgehead atoms. The van der Waals surface area contributed by atoms with Crippen molar-refractivity contribution in [2.24, 2.45) is 15.8 Å². The number of ether oxygens (including phenoxy) is 1. The number of hydrogen-bond donors (Lipinski definition) is 2. The summed E-state index contributed by atoms with van der Waals surface area (Å²) < 4.78 is 4.56. The van der Waals surface area contributed by atoms with Gasteiger partial charge in [0.2, 0.25) is 0 Å². The second kappa shape index (κ2) is 36.7. The van der Waals surface area contributed by atoms with E-state index in [1.54, 1.807) is 36.8 Å². The van der Waals surface area contributed by atoms with Gasteiger partial charge in [0.25, 0.3) is 0 Å². The van der Waals surface area contributed by atoms with Crippen molar-refractivity contribution in [3.8, 4) is 22.8 Å². The Labute approximate surface area is 644 Å². The van der Waals surface area contributed by atoms with Crippen LogP contribution in [-0.4, -0.2) is 87.4 Å². The Morgan fingerprint density at radius 2 is 0.705 bits per heavy atom. The van der Waals surface area contributed by atoms with Gasteiger partial charge in [0.1, 0.15) is 22.8 Å². The Balaban J connectivity index is 0.000000429. The number of aromatic carboxylic acids is 1. The van der Waals surface area contributed by atoms with Crippen molar-refractivity contribution >= 4 is 34.8 Å². The minimum atomic E-state index is -0.986. The average Bonchev–Trinajstić information content (AvgIpc) is 1.70. The third-order valence-electron chi connectivity index (χ3n) is 16.6. The smallest absolute Gasteiger partial charge is 0.573 e. The molecule has 17 nitrogen and oxygen atoms in total. The predicted octanol–water partition coefficient (Wildman–Crippen LogP) is 20.4. The Kier molecular flexibility index (Phi) is 32.4. The van der Waals surface area contributed by atoms with Gasteiger partial charge in [0, 0.05) is 99.0 Å². The first-order valence-corrected chi connectivity index (χ1v) is 35.3. The van der Waals surface area contributed by atoms with Gasteiger partial charge in [-0.3, -0.25) is 29.7 Å². The maximum Gasteiger partial charge on any atom is 2.00 e. The van der Waals surface area contributed by atoms with E-state index in [0.717, 1.165) is 63.1 Å². The molecule has 0 saturated heterocycles. The van der Waals surface area contributed by atoms with Crippen LogP contribution < -0.4 is 10.2 Å². The minimum Gasteiger partial charge on any atom is -0.573 e. The van der Waals surface area contributed by atoms with Gasteiger partial charge < -0.3 is 35.3 Å². The summed E-state index contributed by atoms with van der Waals surface area (Å²) in [5.74, 6) is -1.59. The molecule has 0 spiro atoms. The molecule has 18 heteroatoms. The molecule has 2 N–H and O–H groups in total. The molecule has 0 aliphatic carbocycles. The Hall–Kier alpha value is -8.43. The summed E-state index contributed by atoms with van der Waals surface area (Å²) in [5.41, 5.74) is 16.9. The summed E-state index contributed by atoms with van der Waals surface area (Å²) in [6.07, 6.45) is 14.4. The normalized spacial score (nSPS) is 12.9. The number of carboxylic acids is 1. The third kappa shape index (κ3) is 29.4. The molecule has 1 aliphatic rings. The van der Waals surface area contributed by atoms with E-state index in [4.69, 9.17) is 5.11 Å². The number of aliphatic hydroxyl groups is 1. The van der Waals surface area contributed by atoms with Crippen LogP contribution >= 0.6 is 0 Å². The van der Waals surface area contributed by atoms with E-state index in [1.807, 2.05) is 75.8 Å². The number of esters is 1. The van der Waals surface area contributed by atoms with Gasteiger partial charge in [-0.2, -0.15) is 0 Å². The van der Waals surface area contributed by atoms with Crippen molar-refractivity contribution in [2.75, 3.05) is 13.7 Å². The van der Waals surface area contributed by atoms with Crippen molar-refractivity contribution < 1.29 is 50.4 Å². The number of nitrogens with zero attached hydrogens (tertiary/aromatic N) is 11. The fourth-order valence-corrected chi connectivity index (χ4v) is 9.04. The number of hydrogen-bond acceptors (Lipinski definition) is 14. The molecule has 1 aliphatic heterocycles. The van der Waals surface area contributed by atoms with Gasteiger partial charge in [0.05, 0.1) is 19.3 Å². The monoisotopic (exact) mass is 1610 g/mol. The molecule has 0 fully saturated rings. The molecule has 0 aromatic carbocycles. The molecular weight excluding hydrogens is 1490 g/mol. The summed E-state index contributed by atoms with van der Waals surface area (Å²) in [4.78, 5) is 63.7. The Morgan fingerprint density at radius 3 is 0.943 bits per heavy atom. The number of carboxylic acid groups (broad SMARTS) is 1. The van der Waals surface area contributed by atoms with Crippen LogP contribution in [0.4, 0.5) is 0 Å². The SMILES string of the molecule is C.CC(C)(C)C(=O)C=C(O)c1ccc(C(C)(C)C)cn1.CC(C)(C)C1=NCC(c2ccc(C(C)(C)C)cn2)=C1.CC(C)(C)c1ccc(-c2cc(C(C)(C)C)n[n-]2)nc1.CC(C)(C)c1ccc(-c2cc(C(C)(C)C)n[n-]2)nc1.CC(C)(C)c1ccc(C(=O)O)nc1.COC(=O)c1ccc(C(C)(C)C)cn1.[Pt+2]. The number of aliphatic imine (C=N–C) groups is 1. The topological polar surface area (TPSA) is 245 Å². The quantitative estimate of drug-likeness (QED) is 0.0856. The van der Waals surface area contributed by atoms with Crippen LogP contribution in [0.25, 0.3) is 34.1 Å². The fourth-order valence-electron chi connectivity index (χ4n) is 9.04. The number of allylic oxidation sites excluding steroid dienone is 2. The second-order valence-corrected chi connectivity index (χ2v) is 36.4. The summed E-state index contributed by atoms with van der Waals surface area (Å²) in [6, 6.07) is 27.2. The molecule has 9 rings (SSSR count). The van der Waals surface area contributed by atoms with Crippen molar-refractivity contribution in [3.05, 3.63) is 202 Å². The molecule has 0 atom stereocenters. The fraction of sp³-hybridized carbons (Fsp3) is 0.494. The van der Waals surface area contributed by atoms with Gasteiger partial charge in [-0.15, -0.1) is 0 Å². The van der Waals surface area contributed by atoms with Gasteiger partial charge in [-0.05, 0) is 108 Å². The van der Waals surface area contributed by atoms with Crippen molar-refractivity contribution in [1.29, 1.82) is 0 Å². The van der Waals surface area contributed by atoms with Crippen LogP contribution in [0.5, 0.6) is 0 Å². The van der Waals surface area contributed by atoms with Crippen LogP contribution in [0.15, 0.2) is 139 Å². The van der Waals surface area contributed by atoms with Gasteiger partial charge in [0.15, 0.2) is 5.78 Å². The second-order valence-electron chi connectivity index (χ2n) is 36.4. The van der Waals surface area contributed by atoms with E-state index in [1.165, 1.54) is 47.2 Å². The summed E-state index contributed by atoms with van der Waals surface area (Å²) in [6.45, 7) is 64.1. The van der Waals surface area contributed by atoms with Crippen molar-refractivity contribution in [3.63, 3.8) is 0 Å². The molecule has 8 aromatic rings. The predicted molar refractivity (Wildman–Crippen MR) is 428 cm³/mol. The molecular formula is C87H123N11O6Pt. The number of ketones is 1. The van der Waals surface area contributed by atoms with Gasteiger partial charge in [-0.25, -0.2) is 19.6 Å². The number of rotatable bonds is 7. The van der Waals surface area contributed by atoms with E-state index < -0.39 is 17.4 Å². The van der Waals surface area contributed by atoms with Gasteiger partial charge in [-0.1, -0.05) is 275 Å².